The fourth-order valence-electron chi connectivity index (χ4n) is 3.24. The number of halogens is 1. The second-order valence-electron chi connectivity index (χ2n) is 7.02. The van der Waals surface area contributed by atoms with Gasteiger partial charge in [0.15, 0.2) is 0 Å². The van der Waals surface area contributed by atoms with Crippen LogP contribution >= 0.6 is 0 Å². The van der Waals surface area contributed by atoms with Crippen LogP contribution < -0.4 is 5.32 Å². The van der Waals surface area contributed by atoms with E-state index in [1.54, 1.807) is 12.1 Å². The van der Waals surface area contributed by atoms with Crippen LogP contribution in [0.25, 0.3) is 0 Å². The lowest BCUT2D eigenvalue weighted by Gasteiger charge is -2.34. The zero-order valence-electron chi connectivity index (χ0n) is 16.0. The van der Waals surface area contributed by atoms with Crippen LogP contribution in [0.15, 0.2) is 42.5 Å². The highest BCUT2D eigenvalue weighted by Gasteiger charge is 2.34. The van der Waals surface area contributed by atoms with Gasteiger partial charge in [-0.3, -0.25) is 4.79 Å². The Hall–Kier alpha value is -2.29. The number of amides is 1. The van der Waals surface area contributed by atoms with Crippen molar-refractivity contribution in [2.45, 2.75) is 26.8 Å². The summed E-state index contributed by atoms with van der Waals surface area (Å²) in [4.78, 5) is 12.4. The van der Waals surface area contributed by atoms with Crippen molar-refractivity contribution in [1.82, 2.24) is 8.61 Å². The Kier molecular flexibility index (Phi) is 6.12. The highest BCUT2D eigenvalue weighted by Crippen LogP contribution is 2.20. The molecular formula is C20H24FN3O3S. The number of rotatable bonds is 5. The molecule has 1 aliphatic heterocycles. The molecule has 1 fully saturated rings. The molecule has 1 amide bonds. The molecular weight excluding hydrogens is 381 g/mol. The minimum atomic E-state index is -3.76. The number of hydrogen-bond acceptors (Lipinski definition) is 3. The molecule has 0 aromatic heterocycles. The summed E-state index contributed by atoms with van der Waals surface area (Å²) in [5.74, 6) is -0.742. The van der Waals surface area contributed by atoms with Crippen molar-refractivity contribution in [3.63, 3.8) is 0 Å². The van der Waals surface area contributed by atoms with Crippen molar-refractivity contribution < 1.29 is 17.6 Å². The van der Waals surface area contributed by atoms with Crippen molar-refractivity contribution >= 4 is 21.8 Å². The number of aryl methyl sites for hydroxylation is 2. The van der Waals surface area contributed by atoms with E-state index < -0.39 is 10.2 Å². The predicted molar refractivity (Wildman–Crippen MR) is 106 cm³/mol. The molecule has 1 heterocycles. The van der Waals surface area contributed by atoms with Crippen LogP contribution in [0.5, 0.6) is 0 Å². The van der Waals surface area contributed by atoms with Gasteiger partial charge in [-0.15, -0.1) is 0 Å². The van der Waals surface area contributed by atoms with Gasteiger partial charge in [0.2, 0.25) is 5.91 Å². The molecule has 0 atom stereocenters. The number of hydrogen-bond donors (Lipinski definition) is 1. The van der Waals surface area contributed by atoms with Gasteiger partial charge < -0.3 is 5.32 Å². The molecule has 1 saturated heterocycles. The van der Waals surface area contributed by atoms with Gasteiger partial charge in [-0.05, 0) is 49.6 Å². The van der Waals surface area contributed by atoms with Crippen molar-refractivity contribution in [3.05, 3.63) is 65.0 Å². The van der Waals surface area contributed by atoms with Gasteiger partial charge in [0.25, 0.3) is 10.2 Å². The number of nitrogens with one attached hydrogen (secondary N) is 1. The lowest BCUT2D eigenvalue weighted by Crippen LogP contribution is -2.51. The molecule has 3 rings (SSSR count). The Bertz CT molecular complexity index is 961. The molecule has 1 aliphatic rings. The highest BCUT2D eigenvalue weighted by atomic mass is 32.2. The fraction of sp³-hybridized carbons (Fsp3) is 0.350. The Morgan fingerprint density at radius 3 is 2.43 bits per heavy atom. The van der Waals surface area contributed by atoms with E-state index in [1.807, 2.05) is 32.0 Å². The molecule has 28 heavy (non-hydrogen) atoms. The van der Waals surface area contributed by atoms with Gasteiger partial charge in [-0.1, -0.05) is 29.8 Å². The second kappa shape index (κ2) is 8.38. The topological polar surface area (TPSA) is 69.7 Å². The first-order valence-corrected chi connectivity index (χ1v) is 10.5. The second-order valence-corrected chi connectivity index (χ2v) is 8.95. The van der Waals surface area contributed by atoms with E-state index in [-0.39, 0.29) is 24.8 Å². The highest BCUT2D eigenvalue weighted by molar-refractivity contribution is 7.86. The van der Waals surface area contributed by atoms with Gasteiger partial charge >= 0.3 is 0 Å². The monoisotopic (exact) mass is 405 g/mol. The largest absolute Gasteiger partial charge is 0.325 e. The van der Waals surface area contributed by atoms with E-state index in [9.17, 15) is 17.6 Å². The first kappa shape index (κ1) is 20.4. The van der Waals surface area contributed by atoms with Crippen molar-refractivity contribution in [3.8, 4) is 0 Å². The summed E-state index contributed by atoms with van der Waals surface area (Å²) in [5.41, 5.74) is 3.39. The molecule has 1 N–H and O–H groups in total. The Morgan fingerprint density at radius 2 is 1.75 bits per heavy atom. The summed E-state index contributed by atoms with van der Waals surface area (Å²) in [6, 6.07) is 11.4. The first-order chi connectivity index (χ1) is 13.3. The molecule has 6 nitrogen and oxygen atoms in total. The average Bonchev–Trinajstić information content (AvgIpc) is 2.63. The Labute approximate surface area is 165 Å². The Balaban J connectivity index is 1.67. The normalized spacial score (nSPS) is 17.4. The fourth-order valence-corrected chi connectivity index (χ4v) is 4.87. The molecule has 0 radical (unpaired) electrons. The quantitative estimate of drug-likeness (QED) is 0.832. The summed E-state index contributed by atoms with van der Waals surface area (Å²) in [7, 11) is -3.76. The summed E-state index contributed by atoms with van der Waals surface area (Å²) in [6.45, 7) is 4.43. The van der Waals surface area contributed by atoms with Crippen LogP contribution in [0.3, 0.4) is 0 Å². The summed E-state index contributed by atoms with van der Waals surface area (Å²) >= 11 is 0. The zero-order chi connectivity index (χ0) is 20.3. The SMILES string of the molecule is Cc1ccc(NC(=O)CN2CCCN(Cc3ccc(F)cc3)S2(=O)=O)c(C)c1. The molecule has 150 valence electrons. The molecule has 0 spiro atoms. The Morgan fingerprint density at radius 1 is 1.07 bits per heavy atom. The van der Waals surface area contributed by atoms with Crippen molar-refractivity contribution in [1.29, 1.82) is 0 Å². The van der Waals surface area contributed by atoms with Crippen LogP contribution in [-0.4, -0.2) is 42.6 Å². The molecule has 0 bridgehead atoms. The third-order valence-electron chi connectivity index (χ3n) is 4.72. The molecule has 2 aromatic rings. The van der Waals surface area contributed by atoms with Crippen LogP contribution in [-0.2, 0) is 21.5 Å². The predicted octanol–water partition coefficient (Wildman–Crippen LogP) is 2.83. The van der Waals surface area contributed by atoms with Crippen LogP contribution in [0.1, 0.15) is 23.1 Å². The van der Waals surface area contributed by atoms with E-state index in [0.29, 0.717) is 30.8 Å². The average molecular weight is 405 g/mol. The third-order valence-corrected chi connectivity index (χ3v) is 6.64. The van der Waals surface area contributed by atoms with Crippen LogP contribution in [0, 0.1) is 19.7 Å². The molecule has 0 saturated carbocycles. The van der Waals surface area contributed by atoms with E-state index >= 15 is 0 Å². The molecule has 2 aromatic carbocycles. The van der Waals surface area contributed by atoms with Gasteiger partial charge in [0, 0.05) is 25.3 Å². The van der Waals surface area contributed by atoms with Gasteiger partial charge in [0.05, 0.1) is 6.54 Å². The molecule has 0 unspecified atom stereocenters. The number of carbonyl (C=O) groups excluding carboxylic acids is 1. The lowest BCUT2D eigenvalue weighted by atomic mass is 10.1. The molecule has 8 heteroatoms. The van der Waals surface area contributed by atoms with E-state index in [1.165, 1.54) is 20.7 Å². The van der Waals surface area contributed by atoms with Crippen LogP contribution in [0.4, 0.5) is 10.1 Å². The van der Waals surface area contributed by atoms with Gasteiger partial charge in [-0.2, -0.15) is 17.0 Å². The smallest absolute Gasteiger partial charge is 0.282 e. The number of nitrogens with zero attached hydrogens (tertiary/aromatic N) is 2. The minimum absolute atomic E-state index is 0.151. The maximum absolute atomic E-state index is 13.1. The maximum atomic E-state index is 13.1. The number of carbonyl (C=O) groups is 1. The zero-order valence-corrected chi connectivity index (χ0v) is 16.8. The van der Waals surface area contributed by atoms with Crippen molar-refractivity contribution in [2.24, 2.45) is 0 Å². The van der Waals surface area contributed by atoms with E-state index in [4.69, 9.17) is 0 Å². The summed E-state index contributed by atoms with van der Waals surface area (Å²) < 4.78 is 41.4. The summed E-state index contributed by atoms with van der Waals surface area (Å²) in [5, 5.41) is 2.79. The summed E-state index contributed by atoms with van der Waals surface area (Å²) in [6.07, 6.45) is 0.622. The number of benzene rings is 2. The standard InChI is InChI=1S/C20H24FN3O3S/c1-15-4-9-19(16(2)12-15)22-20(25)14-24-11-3-10-23(28(24,26)27)13-17-5-7-18(21)8-6-17/h4-9,12H,3,10-11,13-14H2,1-2H3,(H,22,25). The van der Waals surface area contributed by atoms with Gasteiger partial charge in [0.1, 0.15) is 5.82 Å². The van der Waals surface area contributed by atoms with E-state index in [0.717, 1.165) is 11.1 Å². The van der Waals surface area contributed by atoms with E-state index in [2.05, 4.69) is 5.32 Å². The first-order valence-electron chi connectivity index (χ1n) is 9.12. The molecule has 0 aliphatic carbocycles. The van der Waals surface area contributed by atoms with Gasteiger partial charge in [-0.25, -0.2) is 4.39 Å². The third kappa shape index (κ3) is 4.76. The number of anilines is 1. The minimum Gasteiger partial charge on any atom is -0.325 e. The maximum Gasteiger partial charge on any atom is 0.282 e. The van der Waals surface area contributed by atoms with Crippen LogP contribution in [0.2, 0.25) is 0 Å². The lowest BCUT2D eigenvalue weighted by molar-refractivity contribution is -0.116. The van der Waals surface area contributed by atoms with Crippen molar-refractivity contribution in [2.75, 3.05) is 25.0 Å².